The molecular formula is C14H24N4O2. The van der Waals surface area contributed by atoms with E-state index in [1.54, 1.807) is 0 Å². The molecular weight excluding hydrogens is 256 g/mol. The van der Waals surface area contributed by atoms with Gasteiger partial charge >= 0.3 is 6.09 Å². The van der Waals surface area contributed by atoms with Crippen LogP contribution in [-0.2, 0) is 4.74 Å². The van der Waals surface area contributed by atoms with Crippen LogP contribution in [0.5, 0.6) is 0 Å². The van der Waals surface area contributed by atoms with Crippen LogP contribution in [0.4, 0.5) is 4.79 Å². The molecule has 0 saturated carbocycles. The third kappa shape index (κ3) is 4.30. The average Bonchev–Trinajstić information content (AvgIpc) is 2.75. The van der Waals surface area contributed by atoms with Crippen LogP contribution >= 0.6 is 0 Å². The number of hydrogen-bond donors (Lipinski definition) is 1. The molecule has 1 amide bonds. The fourth-order valence-corrected chi connectivity index (χ4v) is 2.37. The van der Waals surface area contributed by atoms with E-state index in [4.69, 9.17) is 4.74 Å². The Morgan fingerprint density at radius 3 is 2.85 bits per heavy atom. The number of nitrogens with zero attached hydrogens (tertiary/aromatic N) is 3. The van der Waals surface area contributed by atoms with E-state index in [0.29, 0.717) is 6.54 Å². The first-order chi connectivity index (χ1) is 9.33. The van der Waals surface area contributed by atoms with Gasteiger partial charge in [-0.3, -0.25) is 14.9 Å². The molecule has 6 heteroatoms. The lowest BCUT2D eigenvalue weighted by Crippen LogP contribution is -2.42. The first kappa shape index (κ1) is 15.0. The molecule has 2 rings (SSSR count). The molecule has 0 bridgehead atoms. The number of nitrogens with one attached hydrogen (secondary N) is 1. The molecule has 2 aliphatic rings. The van der Waals surface area contributed by atoms with Crippen molar-refractivity contribution in [3.8, 4) is 0 Å². The summed E-state index contributed by atoms with van der Waals surface area (Å²) in [5, 5.41) is 2.92. The summed E-state index contributed by atoms with van der Waals surface area (Å²) >= 11 is 0. The highest BCUT2D eigenvalue weighted by atomic mass is 16.6. The van der Waals surface area contributed by atoms with Gasteiger partial charge in [-0.2, -0.15) is 0 Å². The fourth-order valence-electron chi connectivity index (χ4n) is 2.37. The Kier molecular flexibility index (Phi) is 4.42. The summed E-state index contributed by atoms with van der Waals surface area (Å²) in [7, 11) is 0. The predicted octanol–water partition coefficient (Wildman–Crippen LogP) is 1.46. The SMILES string of the molecule is CC1=NCC(N2CC[C@@H](NC(=O)OC(C)(C)C)C2)N=C1. The second-order valence-corrected chi connectivity index (χ2v) is 6.37. The van der Waals surface area contributed by atoms with Gasteiger partial charge < -0.3 is 10.1 Å². The van der Waals surface area contributed by atoms with Crippen LogP contribution in [0.2, 0.25) is 0 Å². The van der Waals surface area contributed by atoms with Gasteiger partial charge in [-0.25, -0.2) is 4.79 Å². The molecule has 2 atom stereocenters. The molecule has 1 unspecified atom stereocenters. The van der Waals surface area contributed by atoms with Crippen molar-refractivity contribution in [2.24, 2.45) is 9.98 Å². The molecule has 0 aromatic carbocycles. The van der Waals surface area contributed by atoms with Gasteiger partial charge in [0.05, 0.1) is 6.54 Å². The molecule has 2 aliphatic heterocycles. The molecule has 1 N–H and O–H groups in total. The summed E-state index contributed by atoms with van der Waals surface area (Å²) < 4.78 is 5.27. The Morgan fingerprint density at radius 1 is 1.50 bits per heavy atom. The Hall–Kier alpha value is -1.43. The average molecular weight is 280 g/mol. The first-order valence-corrected chi connectivity index (χ1v) is 7.11. The maximum absolute atomic E-state index is 11.7. The van der Waals surface area contributed by atoms with Crippen molar-refractivity contribution in [2.75, 3.05) is 19.6 Å². The third-order valence-electron chi connectivity index (χ3n) is 3.30. The standard InChI is InChI=1S/C14H24N4O2/c1-10-7-16-12(8-15-10)18-6-5-11(9-18)17-13(19)20-14(2,3)4/h7,11-12H,5-6,8-9H2,1-4H3,(H,17,19)/t11-,12?/m1/s1. The highest BCUT2D eigenvalue weighted by molar-refractivity contribution is 6.29. The topological polar surface area (TPSA) is 66.3 Å². The second-order valence-electron chi connectivity index (χ2n) is 6.37. The molecule has 0 radical (unpaired) electrons. The highest BCUT2D eigenvalue weighted by Crippen LogP contribution is 2.16. The number of likely N-dealkylation sites (tertiary alicyclic amines) is 1. The lowest BCUT2D eigenvalue weighted by atomic mass is 10.2. The van der Waals surface area contributed by atoms with Gasteiger partial charge in [0.1, 0.15) is 11.8 Å². The normalized spacial score (nSPS) is 27.3. The van der Waals surface area contributed by atoms with Crippen molar-refractivity contribution >= 4 is 18.0 Å². The van der Waals surface area contributed by atoms with Crippen molar-refractivity contribution in [3.05, 3.63) is 0 Å². The summed E-state index contributed by atoms with van der Waals surface area (Å²) in [4.78, 5) is 22.9. The third-order valence-corrected chi connectivity index (χ3v) is 3.30. The van der Waals surface area contributed by atoms with Crippen molar-refractivity contribution in [3.63, 3.8) is 0 Å². The van der Waals surface area contributed by atoms with Crippen LogP contribution in [0, 0.1) is 0 Å². The molecule has 0 aromatic heterocycles. The lowest BCUT2D eigenvalue weighted by molar-refractivity contribution is 0.0504. The van der Waals surface area contributed by atoms with Gasteiger partial charge in [0.15, 0.2) is 0 Å². The van der Waals surface area contributed by atoms with Crippen LogP contribution in [-0.4, -0.2) is 60.4 Å². The van der Waals surface area contributed by atoms with Gasteiger partial charge in [-0.1, -0.05) is 0 Å². The number of carbonyl (C=O) groups is 1. The van der Waals surface area contributed by atoms with E-state index in [9.17, 15) is 4.79 Å². The fraction of sp³-hybridized carbons (Fsp3) is 0.786. The minimum atomic E-state index is -0.456. The number of hydrogen-bond acceptors (Lipinski definition) is 5. The molecule has 0 aromatic rings. The number of aliphatic imine (C=N–C) groups is 2. The second kappa shape index (κ2) is 5.91. The molecule has 0 aliphatic carbocycles. The predicted molar refractivity (Wildman–Crippen MR) is 79.6 cm³/mol. The monoisotopic (exact) mass is 280 g/mol. The van der Waals surface area contributed by atoms with E-state index >= 15 is 0 Å². The van der Waals surface area contributed by atoms with E-state index in [1.165, 1.54) is 0 Å². The van der Waals surface area contributed by atoms with Crippen LogP contribution < -0.4 is 5.32 Å². The lowest BCUT2D eigenvalue weighted by Gasteiger charge is -2.25. The Balaban J connectivity index is 1.78. The zero-order valence-electron chi connectivity index (χ0n) is 12.7. The first-order valence-electron chi connectivity index (χ1n) is 7.11. The van der Waals surface area contributed by atoms with E-state index in [-0.39, 0.29) is 18.3 Å². The van der Waals surface area contributed by atoms with Gasteiger partial charge in [-0.15, -0.1) is 0 Å². The number of carbonyl (C=O) groups excluding carboxylic acids is 1. The summed E-state index contributed by atoms with van der Waals surface area (Å²) in [6, 6.07) is 0.132. The van der Waals surface area contributed by atoms with Crippen molar-refractivity contribution in [2.45, 2.75) is 51.9 Å². The Morgan fingerprint density at radius 2 is 2.25 bits per heavy atom. The molecule has 0 spiro atoms. The summed E-state index contributed by atoms with van der Waals surface area (Å²) in [6.07, 6.45) is 2.52. The van der Waals surface area contributed by atoms with Crippen molar-refractivity contribution < 1.29 is 9.53 Å². The van der Waals surface area contributed by atoms with E-state index in [1.807, 2.05) is 33.9 Å². The number of rotatable bonds is 2. The maximum atomic E-state index is 11.7. The minimum absolute atomic E-state index is 0.115. The van der Waals surface area contributed by atoms with E-state index in [0.717, 1.165) is 25.2 Å². The van der Waals surface area contributed by atoms with E-state index in [2.05, 4.69) is 20.2 Å². The van der Waals surface area contributed by atoms with Crippen LogP contribution in [0.3, 0.4) is 0 Å². The quantitative estimate of drug-likeness (QED) is 0.832. The Bertz CT molecular complexity index is 425. The molecule has 2 heterocycles. The largest absolute Gasteiger partial charge is 0.444 e. The molecule has 6 nitrogen and oxygen atoms in total. The molecule has 20 heavy (non-hydrogen) atoms. The zero-order valence-corrected chi connectivity index (χ0v) is 12.7. The summed E-state index contributed by atoms with van der Waals surface area (Å²) in [5.41, 5.74) is 0.520. The highest BCUT2D eigenvalue weighted by Gasteiger charge is 2.30. The molecule has 112 valence electrons. The number of amides is 1. The minimum Gasteiger partial charge on any atom is -0.444 e. The van der Waals surface area contributed by atoms with Gasteiger partial charge in [-0.05, 0) is 34.1 Å². The van der Waals surface area contributed by atoms with Gasteiger partial charge in [0, 0.05) is 31.1 Å². The number of alkyl carbamates (subject to hydrolysis) is 1. The maximum Gasteiger partial charge on any atom is 0.407 e. The number of ether oxygens (including phenoxy) is 1. The summed E-state index contributed by atoms with van der Waals surface area (Å²) in [6.45, 7) is 9.99. The Labute approximate surface area is 120 Å². The summed E-state index contributed by atoms with van der Waals surface area (Å²) in [5.74, 6) is 0. The van der Waals surface area contributed by atoms with Crippen molar-refractivity contribution in [1.29, 1.82) is 0 Å². The van der Waals surface area contributed by atoms with Crippen molar-refractivity contribution in [1.82, 2.24) is 10.2 Å². The van der Waals surface area contributed by atoms with E-state index < -0.39 is 5.60 Å². The molecule has 1 fully saturated rings. The van der Waals surface area contributed by atoms with Crippen LogP contribution in [0.15, 0.2) is 9.98 Å². The molecule has 1 saturated heterocycles. The van der Waals surface area contributed by atoms with Crippen LogP contribution in [0.1, 0.15) is 34.1 Å². The zero-order chi connectivity index (χ0) is 14.8. The van der Waals surface area contributed by atoms with Gasteiger partial charge in [0.25, 0.3) is 0 Å². The smallest absolute Gasteiger partial charge is 0.407 e. The van der Waals surface area contributed by atoms with Gasteiger partial charge in [0.2, 0.25) is 0 Å². The van der Waals surface area contributed by atoms with Crippen LogP contribution in [0.25, 0.3) is 0 Å².